The molecule has 0 spiro atoms. The van der Waals surface area contributed by atoms with Gasteiger partial charge in [-0.3, -0.25) is 14.6 Å². The maximum Gasteiger partial charge on any atom is 0.317 e. The van der Waals surface area contributed by atoms with Gasteiger partial charge < -0.3 is 9.47 Å². The molecule has 0 saturated heterocycles. The van der Waals surface area contributed by atoms with Crippen LogP contribution >= 0.6 is 0 Å². The summed E-state index contributed by atoms with van der Waals surface area (Å²) in [7, 11) is 1.59. The van der Waals surface area contributed by atoms with Crippen LogP contribution in [0.4, 0.5) is 5.69 Å². The normalized spacial score (nSPS) is 17.4. The van der Waals surface area contributed by atoms with E-state index in [4.69, 9.17) is 9.47 Å². The fourth-order valence-electron chi connectivity index (χ4n) is 2.16. The lowest BCUT2D eigenvalue weighted by atomic mass is 10.0. The van der Waals surface area contributed by atoms with Crippen LogP contribution in [-0.4, -0.2) is 37.7 Å². The van der Waals surface area contributed by atoms with Crippen LogP contribution in [0.3, 0.4) is 0 Å². The Balaban J connectivity index is 2.22. The molecule has 0 unspecified atom stereocenters. The zero-order valence-electron chi connectivity index (χ0n) is 12.3. The molecule has 112 valence electrons. The van der Waals surface area contributed by atoms with E-state index in [1.54, 1.807) is 31.2 Å². The highest BCUT2D eigenvalue weighted by Gasteiger charge is 2.36. The van der Waals surface area contributed by atoms with E-state index in [1.807, 2.05) is 12.1 Å². The first-order valence-corrected chi connectivity index (χ1v) is 6.74. The minimum absolute atomic E-state index is 0.218. The van der Waals surface area contributed by atoms with E-state index in [2.05, 4.69) is 5.10 Å². The number of ketones is 1. The standard InChI is InChI=1S/C15H18N2O4/c1-4-21-15(19)13-9-17(16-14(13)10(2)18)11-5-7-12(20-3)8-6-11/h5-8,13H,4,9H2,1-3H3/t13-/m1/s1. The summed E-state index contributed by atoms with van der Waals surface area (Å²) >= 11 is 0. The number of ether oxygens (including phenoxy) is 2. The number of nitrogens with zero attached hydrogens (tertiary/aromatic N) is 2. The molecule has 6 nitrogen and oxygen atoms in total. The Kier molecular flexibility index (Phi) is 4.57. The molecular weight excluding hydrogens is 272 g/mol. The number of carbonyl (C=O) groups excluding carboxylic acids is 2. The maximum atomic E-state index is 11.9. The van der Waals surface area contributed by atoms with Gasteiger partial charge in [-0.25, -0.2) is 0 Å². The minimum atomic E-state index is -0.635. The predicted octanol–water partition coefficient (Wildman–Crippen LogP) is 1.64. The Labute approximate surface area is 123 Å². The van der Waals surface area contributed by atoms with Crippen molar-refractivity contribution in [2.45, 2.75) is 13.8 Å². The first kappa shape index (κ1) is 15.0. The molecule has 1 aliphatic heterocycles. The minimum Gasteiger partial charge on any atom is -0.497 e. The molecule has 0 N–H and O–H groups in total. The summed E-state index contributed by atoms with van der Waals surface area (Å²) in [5, 5.41) is 5.89. The third-order valence-corrected chi connectivity index (χ3v) is 3.22. The molecule has 1 heterocycles. The van der Waals surface area contributed by atoms with Crippen molar-refractivity contribution in [1.82, 2.24) is 0 Å². The summed E-state index contributed by atoms with van der Waals surface area (Å²) in [5.74, 6) is -0.535. The fourth-order valence-corrected chi connectivity index (χ4v) is 2.16. The largest absolute Gasteiger partial charge is 0.497 e. The number of methoxy groups -OCH3 is 1. The third kappa shape index (κ3) is 3.21. The van der Waals surface area contributed by atoms with Crippen LogP contribution in [0.2, 0.25) is 0 Å². The van der Waals surface area contributed by atoms with Crippen molar-refractivity contribution in [2.24, 2.45) is 11.0 Å². The highest BCUT2D eigenvalue weighted by Crippen LogP contribution is 2.25. The number of benzene rings is 1. The Hall–Kier alpha value is -2.37. The second kappa shape index (κ2) is 6.39. The molecule has 0 aliphatic carbocycles. The van der Waals surface area contributed by atoms with Crippen LogP contribution in [0, 0.1) is 5.92 Å². The molecule has 1 aromatic rings. The zero-order chi connectivity index (χ0) is 15.4. The SMILES string of the molecule is CCOC(=O)[C@@H]1CN(c2ccc(OC)cc2)N=C1C(C)=O. The summed E-state index contributed by atoms with van der Waals surface area (Å²) in [4.78, 5) is 23.6. The van der Waals surface area contributed by atoms with Crippen LogP contribution in [0.5, 0.6) is 5.75 Å². The molecule has 0 bridgehead atoms. The van der Waals surface area contributed by atoms with E-state index in [-0.39, 0.29) is 18.1 Å². The summed E-state index contributed by atoms with van der Waals surface area (Å²) in [6, 6.07) is 7.26. The average Bonchev–Trinajstić information content (AvgIpc) is 2.93. The highest BCUT2D eigenvalue weighted by molar-refractivity contribution is 6.43. The van der Waals surface area contributed by atoms with Crippen LogP contribution in [0.15, 0.2) is 29.4 Å². The summed E-state index contributed by atoms with van der Waals surface area (Å²) in [6.45, 7) is 3.73. The molecule has 6 heteroatoms. The van der Waals surface area contributed by atoms with E-state index in [9.17, 15) is 9.59 Å². The van der Waals surface area contributed by atoms with Gasteiger partial charge in [-0.2, -0.15) is 5.10 Å². The van der Waals surface area contributed by atoms with Gasteiger partial charge in [0.25, 0.3) is 0 Å². The predicted molar refractivity (Wildman–Crippen MR) is 78.6 cm³/mol. The lowest BCUT2D eigenvalue weighted by molar-refractivity contribution is -0.145. The van der Waals surface area contributed by atoms with Gasteiger partial charge in [0.2, 0.25) is 0 Å². The van der Waals surface area contributed by atoms with Crippen molar-refractivity contribution < 1.29 is 19.1 Å². The van der Waals surface area contributed by atoms with E-state index in [0.717, 1.165) is 11.4 Å². The topological polar surface area (TPSA) is 68.2 Å². The second-order valence-electron chi connectivity index (χ2n) is 4.63. The zero-order valence-corrected chi connectivity index (χ0v) is 12.3. The van der Waals surface area contributed by atoms with Crippen molar-refractivity contribution in [3.05, 3.63) is 24.3 Å². The Morgan fingerprint density at radius 1 is 1.33 bits per heavy atom. The van der Waals surface area contributed by atoms with Crippen LogP contribution in [-0.2, 0) is 14.3 Å². The molecular formula is C15H18N2O4. The van der Waals surface area contributed by atoms with Crippen molar-refractivity contribution in [2.75, 3.05) is 25.3 Å². The number of hydrazone groups is 1. The van der Waals surface area contributed by atoms with Gasteiger partial charge in [-0.05, 0) is 31.2 Å². The van der Waals surface area contributed by atoms with Crippen molar-refractivity contribution in [3.8, 4) is 5.75 Å². The van der Waals surface area contributed by atoms with Crippen LogP contribution < -0.4 is 9.75 Å². The van der Waals surface area contributed by atoms with Gasteiger partial charge >= 0.3 is 5.97 Å². The fraction of sp³-hybridized carbons (Fsp3) is 0.400. The molecule has 0 aromatic heterocycles. The third-order valence-electron chi connectivity index (χ3n) is 3.22. The van der Waals surface area contributed by atoms with Gasteiger partial charge in [0.15, 0.2) is 5.78 Å². The van der Waals surface area contributed by atoms with Crippen LogP contribution in [0.1, 0.15) is 13.8 Å². The first-order chi connectivity index (χ1) is 10.1. The maximum absolute atomic E-state index is 11.9. The Bertz CT molecular complexity index is 566. The van der Waals surface area contributed by atoms with Crippen LogP contribution in [0.25, 0.3) is 0 Å². The molecule has 0 radical (unpaired) electrons. The van der Waals surface area contributed by atoms with Gasteiger partial charge in [0.05, 0.1) is 25.9 Å². The van der Waals surface area contributed by atoms with Gasteiger partial charge in [-0.1, -0.05) is 0 Å². The monoisotopic (exact) mass is 290 g/mol. The van der Waals surface area contributed by atoms with Crippen molar-refractivity contribution in [3.63, 3.8) is 0 Å². The first-order valence-electron chi connectivity index (χ1n) is 6.74. The molecule has 0 fully saturated rings. The Morgan fingerprint density at radius 2 is 2.00 bits per heavy atom. The van der Waals surface area contributed by atoms with E-state index >= 15 is 0 Å². The highest BCUT2D eigenvalue weighted by atomic mass is 16.5. The molecule has 1 atom stereocenters. The Morgan fingerprint density at radius 3 is 2.52 bits per heavy atom. The number of hydrogen-bond donors (Lipinski definition) is 0. The molecule has 1 aromatic carbocycles. The number of carbonyl (C=O) groups is 2. The van der Waals surface area contributed by atoms with E-state index < -0.39 is 11.9 Å². The van der Waals surface area contributed by atoms with E-state index in [0.29, 0.717) is 6.54 Å². The summed E-state index contributed by atoms with van der Waals surface area (Å²) in [5.41, 5.74) is 1.03. The number of anilines is 1. The van der Waals surface area contributed by atoms with Gasteiger partial charge in [0, 0.05) is 6.92 Å². The second-order valence-corrected chi connectivity index (χ2v) is 4.63. The van der Waals surface area contributed by atoms with Gasteiger partial charge in [0.1, 0.15) is 17.4 Å². The lowest BCUT2D eigenvalue weighted by Gasteiger charge is -2.15. The molecule has 2 rings (SSSR count). The smallest absolute Gasteiger partial charge is 0.317 e. The molecule has 0 amide bonds. The van der Waals surface area contributed by atoms with E-state index in [1.165, 1.54) is 6.92 Å². The average molecular weight is 290 g/mol. The number of esters is 1. The number of rotatable bonds is 5. The molecule has 1 aliphatic rings. The molecule has 0 saturated carbocycles. The lowest BCUT2D eigenvalue weighted by Crippen LogP contribution is -2.31. The number of hydrogen-bond acceptors (Lipinski definition) is 6. The molecule has 21 heavy (non-hydrogen) atoms. The quantitative estimate of drug-likeness (QED) is 0.771. The van der Waals surface area contributed by atoms with Gasteiger partial charge in [-0.15, -0.1) is 0 Å². The number of Topliss-reactive ketones (excluding diaryl/α,β-unsaturated/α-hetero) is 1. The van der Waals surface area contributed by atoms with Crippen molar-refractivity contribution >= 4 is 23.2 Å². The summed E-state index contributed by atoms with van der Waals surface area (Å²) < 4.78 is 10.1. The summed E-state index contributed by atoms with van der Waals surface area (Å²) in [6.07, 6.45) is 0. The van der Waals surface area contributed by atoms with Crippen molar-refractivity contribution in [1.29, 1.82) is 0 Å².